The summed E-state index contributed by atoms with van der Waals surface area (Å²) < 4.78 is 4.89. The van der Waals surface area contributed by atoms with Crippen molar-refractivity contribution in [1.82, 2.24) is 10.2 Å². The van der Waals surface area contributed by atoms with Crippen molar-refractivity contribution < 1.29 is 9.53 Å². The Kier molecular flexibility index (Phi) is 5.80. The highest BCUT2D eigenvalue weighted by Gasteiger charge is 2.33. The highest BCUT2D eigenvalue weighted by atomic mass is 32.1. The minimum absolute atomic E-state index is 0.00481. The molecule has 1 aliphatic heterocycles. The zero-order valence-corrected chi connectivity index (χ0v) is 11.3. The summed E-state index contributed by atoms with van der Waals surface area (Å²) in [7, 11) is 1.61. The number of thiocarbonyl (C=S) groups is 1. The Hall–Kier alpha value is -0.720. The second-order valence-corrected chi connectivity index (χ2v) is 4.73. The van der Waals surface area contributed by atoms with Crippen LogP contribution in [0.1, 0.15) is 19.8 Å². The number of carbonyl (C=O) groups excluding carboxylic acids is 1. The summed E-state index contributed by atoms with van der Waals surface area (Å²) in [4.78, 5) is 14.4. The van der Waals surface area contributed by atoms with Gasteiger partial charge in [-0.3, -0.25) is 9.69 Å². The van der Waals surface area contributed by atoms with E-state index in [9.17, 15) is 4.79 Å². The number of hydrogen-bond donors (Lipinski definition) is 2. The first-order valence-electron chi connectivity index (χ1n) is 5.89. The number of nitrogens with two attached hydrogens (primary N) is 1. The van der Waals surface area contributed by atoms with Crippen molar-refractivity contribution in [2.75, 3.05) is 26.8 Å². The smallest absolute Gasteiger partial charge is 0.237 e. The molecule has 1 amide bonds. The molecule has 1 rings (SSSR count). The van der Waals surface area contributed by atoms with Crippen molar-refractivity contribution in [3.63, 3.8) is 0 Å². The molecule has 1 heterocycles. The molecule has 3 N–H and O–H groups in total. The Balaban J connectivity index is 2.47. The van der Waals surface area contributed by atoms with Crippen LogP contribution in [0.3, 0.4) is 0 Å². The van der Waals surface area contributed by atoms with Crippen LogP contribution >= 0.6 is 12.2 Å². The molecule has 0 aromatic heterocycles. The number of rotatable bonds is 6. The molecule has 0 saturated carbocycles. The van der Waals surface area contributed by atoms with Gasteiger partial charge in [-0.1, -0.05) is 12.2 Å². The minimum atomic E-state index is -0.194. The number of ether oxygens (including phenoxy) is 1. The van der Waals surface area contributed by atoms with Crippen molar-refractivity contribution in [2.24, 2.45) is 5.73 Å². The largest absolute Gasteiger partial charge is 0.392 e. The van der Waals surface area contributed by atoms with Gasteiger partial charge in [-0.2, -0.15) is 0 Å². The number of amides is 1. The van der Waals surface area contributed by atoms with Gasteiger partial charge in [0, 0.05) is 13.7 Å². The third-order valence-corrected chi connectivity index (χ3v) is 3.38. The molecule has 1 fully saturated rings. The summed E-state index contributed by atoms with van der Waals surface area (Å²) in [5, 5.41) is 2.83. The molecule has 0 spiro atoms. The third-order valence-electron chi connectivity index (χ3n) is 3.10. The van der Waals surface area contributed by atoms with E-state index in [0.29, 0.717) is 18.1 Å². The van der Waals surface area contributed by atoms with E-state index in [2.05, 4.69) is 10.2 Å². The first kappa shape index (κ1) is 14.3. The lowest BCUT2D eigenvalue weighted by atomic mass is 10.2. The maximum atomic E-state index is 11.9. The third kappa shape index (κ3) is 3.90. The van der Waals surface area contributed by atoms with Gasteiger partial charge in [-0.05, 0) is 26.3 Å². The SMILES string of the molecule is COCCNC(=O)C(C)N1CCCC1C(N)=S. The number of methoxy groups -OCH3 is 1. The predicted octanol–water partition coefficient (Wildman–Crippen LogP) is -0.112. The molecule has 0 radical (unpaired) electrons. The quantitative estimate of drug-likeness (QED) is 0.514. The standard InChI is InChI=1S/C11H21N3O2S/c1-8(11(15)13-5-7-16-2)14-6-3-4-9(14)10(12)17/h8-9H,3-7H2,1-2H3,(H2,12,17)(H,13,15). The second-order valence-electron chi connectivity index (χ2n) is 4.26. The van der Waals surface area contributed by atoms with Crippen LogP contribution in [0.5, 0.6) is 0 Å². The van der Waals surface area contributed by atoms with E-state index in [0.717, 1.165) is 19.4 Å². The van der Waals surface area contributed by atoms with Gasteiger partial charge in [-0.15, -0.1) is 0 Å². The summed E-state index contributed by atoms with van der Waals surface area (Å²) in [5.74, 6) is 0.00481. The number of hydrogen-bond acceptors (Lipinski definition) is 4. The van der Waals surface area contributed by atoms with Crippen LogP contribution in [0.25, 0.3) is 0 Å². The van der Waals surface area contributed by atoms with Crippen LogP contribution in [0, 0.1) is 0 Å². The minimum Gasteiger partial charge on any atom is -0.392 e. The van der Waals surface area contributed by atoms with Gasteiger partial charge in [-0.25, -0.2) is 0 Å². The Labute approximate surface area is 108 Å². The first-order chi connectivity index (χ1) is 8.07. The maximum absolute atomic E-state index is 11.9. The molecule has 0 aromatic rings. The Morgan fingerprint density at radius 1 is 1.71 bits per heavy atom. The highest BCUT2D eigenvalue weighted by molar-refractivity contribution is 7.80. The van der Waals surface area contributed by atoms with E-state index in [1.54, 1.807) is 7.11 Å². The molecule has 98 valence electrons. The van der Waals surface area contributed by atoms with Gasteiger partial charge < -0.3 is 15.8 Å². The van der Waals surface area contributed by atoms with Crippen LogP contribution < -0.4 is 11.1 Å². The molecule has 0 aliphatic carbocycles. The van der Waals surface area contributed by atoms with Gasteiger partial charge in [0.2, 0.25) is 5.91 Å². The molecule has 2 unspecified atom stereocenters. The lowest BCUT2D eigenvalue weighted by Crippen LogP contribution is -2.51. The maximum Gasteiger partial charge on any atom is 0.237 e. The summed E-state index contributed by atoms with van der Waals surface area (Å²) >= 11 is 5.03. The average molecular weight is 259 g/mol. The topological polar surface area (TPSA) is 67.6 Å². The van der Waals surface area contributed by atoms with Gasteiger partial charge in [0.25, 0.3) is 0 Å². The predicted molar refractivity (Wildman–Crippen MR) is 70.9 cm³/mol. The fourth-order valence-corrected chi connectivity index (χ4v) is 2.39. The number of nitrogens with zero attached hydrogens (tertiary/aromatic N) is 1. The fourth-order valence-electron chi connectivity index (χ4n) is 2.13. The molecular formula is C11H21N3O2S. The lowest BCUT2D eigenvalue weighted by molar-refractivity contribution is -0.126. The summed E-state index contributed by atoms with van der Waals surface area (Å²) in [6, 6.07) is -0.131. The molecule has 0 bridgehead atoms. The van der Waals surface area contributed by atoms with Crippen molar-refractivity contribution in [3.05, 3.63) is 0 Å². The van der Waals surface area contributed by atoms with Crippen molar-refractivity contribution >= 4 is 23.1 Å². The van der Waals surface area contributed by atoms with Crippen LogP contribution in [0.4, 0.5) is 0 Å². The zero-order chi connectivity index (χ0) is 12.8. The summed E-state index contributed by atoms with van der Waals surface area (Å²) in [6.45, 7) is 3.82. The van der Waals surface area contributed by atoms with Crippen LogP contribution in [0.15, 0.2) is 0 Å². The van der Waals surface area contributed by atoms with E-state index in [1.807, 2.05) is 6.92 Å². The Morgan fingerprint density at radius 2 is 2.41 bits per heavy atom. The zero-order valence-electron chi connectivity index (χ0n) is 10.4. The molecule has 2 atom stereocenters. The number of carbonyl (C=O) groups is 1. The monoisotopic (exact) mass is 259 g/mol. The first-order valence-corrected chi connectivity index (χ1v) is 6.30. The normalized spacial score (nSPS) is 22.4. The van der Waals surface area contributed by atoms with Crippen LogP contribution in [0.2, 0.25) is 0 Å². The second kappa shape index (κ2) is 6.88. The van der Waals surface area contributed by atoms with E-state index < -0.39 is 0 Å². The molecular weight excluding hydrogens is 238 g/mol. The van der Waals surface area contributed by atoms with Crippen LogP contribution in [-0.2, 0) is 9.53 Å². The molecule has 17 heavy (non-hydrogen) atoms. The average Bonchev–Trinajstić information content (AvgIpc) is 2.77. The van der Waals surface area contributed by atoms with Crippen molar-refractivity contribution in [2.45, 2.75) is 31.8 Å². The van der Waals surface area contributed by atoms with E-state index in [1.165, 1.54) is 0 Å². The molecule has 1 aliphatic rings. The van der Waals surface area contributed by atoms with E-state index >= 15 is 0 Å². The van der Waals surface area contributed by atoms with Crippen molar-refractivity contribution in [3.8, 4) is 0 Å². The van der Waals surface area contributed by atoms with Gasteiger partial charge in [0.1, 0.15) is 0 Å². The van der Waals surface area contributed by atoms with Gasteiger partial charge in [0.15, 0.2) is 0 Å². The fraction of sp³-hybridized carbons (Fsp3) is 0.818. The molecule has 1 saturated heterocycles. The molecule has 6 heteroatoms. The van der Waals surface area contributed by atoms with E-state index in [-0.39, 0.29) is 18.0 Å². The lowest BCUT2D eigenvalue weighted by Gasteiger charge is -2.29. The number of nitrogens with one attached hydrogen (secondary N) is 1. The Morgan fingerprint density at radius 3 is 3.00 bits per heavy atom. The molecule has 5 nitrogen and oxygen atoms in total. The highest BCUT2D eigenvalue weighted by Crippen LogP contribution is 2.20. The van der Waals surface area contributed by atoms with Crippen molar-refractivity contribution in [1.29, 1.82) is 0 Å². The van der Waals surface area contributed by atoms with Gasteiger partial charge in [0.05, 0.1) is 23.7 Å². The summed E-state index contributed by atoms with van der Waals surface area (Å²) in [5.41, 5.74) is 5.69. The van der Waals surface area contributed by atoms with Crippen LogP contribution in [-0.4, -0.2) is 54.7 Å². The Bertz CT molecular complexity index is 286. The summed E-state index contributed by atoms with van der Waals surface area (Å²) in [6.07, 6.45) is 1.99. The number of likely N-dealkylation sites (tertiary alicyclic amines) is 1. The molecule has 0 aromatic carbocycles. The van der Waals surface area contributed by atoms with Gasteiger partial charge >= 0.3 is 0 Å². The van der Waals surface area contributed by atoms with E-state index in [4.69, 9.17) is 22.7 Å².